The van der Waals surface area contributed by atoms with Gasteiger partial charge in [0, 0.05) is 0 Å². The Morgan fingerprint density at radius 3 is 3.00 bits per heavy atom. The third-order valence-electron chi connectivity index (χ3n) is 3.35. The summed E-state index contributed by atoms with van der Waals surface area (Å²) in [6, 6.07) is 0. The summed E-state index contributed by atoms with van der Waals surface area (Å²) in [5, 5.41) is 19.5. The van der Waals surface area contributed by atoms with Crippen molar-refractivity contribution in [3.8, 4) is 0 Å². The number of fused-ring (bicyclic) bond motifs is 1. The zero-order valence-electron chi connectivity index (χ0n) is 11.1. The van der Waals surface area contributed by atoms with Gasteiger partial charge in [-0.05, 0) is 0 Å². The van der Waals surface area contributed by atoms with Gasteiger partial charge in [0.25, 0.3) is 0 Å². The molecule has 1 saturated heterocycles. The molecule has 1 aliphatic heterocycles. The molecule has 3 heterocycles. The minimum absolute atomic E-state index is 0.217. The summed E-state index contributed by atoms with van der Waals surface area (Å²) >= 11 is -0.832. The van der Waals surface area contributed by atoms with Gasteiger partial charge in [0.1, 0.15) is 0 Å². The van der Waals surface area contributed by atoms with E-state index in [1.165, 1.54) is 13.4 Å². The molecule has 9 nitrogen and oxygen atoms in total. The fourth-order valence-corrected chi connectivity index (χ4v) is 5.04. The van der Waals surface area contributed by atoms with Gasteiger partial charge in [-0.3, -0.25) is 0 Å². The minimum atomic E-state index is -0.921. The van der Waals surface area contributed by atoms with Crippen LogP contribution in [-0.4, -0.2) is 61.8 Å². The van der Waals surface area contributed by atoms with Crippen LogP contribution in [0.2, 0.25) is 0 Å². The van der Waals surface area contributed by atoms with Gasteiger partial charge in [0.2, 0.25) is 0 Å². The predicted molar refractivity (Wildman–Crippen MR) is 67.5 cm³/mol. The van der Waals surface area contributed by atoms with E-state index < -0.39 is 39.9 Å². The van der Waals surface area contributed by atoms with Crippen LogP contribution in [0.25, 0.3) is 11.2 Å². The van der Waals surface area contributed by atoms with E-state index in [1.54, 1.807) is 10.9 Å². The Labute approximate surface area is 130 Å². The average molecular weight is 408 g/mol. The predicted octanol–water partition coefficient (Wildman–Crippen LogP) is -4.32. The molecular formula is C11H15IN5O4-. The number of halogens is 1. The topological polar surface area (TPSA) is 129 Å². The summed E-state index contributed by atoms with van der Waals surface area (Å²) in [6.07, 6.45) is 0.925. The number of nitrogens with two attached hydrogens (primary N) is 1. The quantitative estimate of drug-likeness (QED) is 0.344. The van der Waals surface area contributed by atoms with Crippen LogP contribution in [0.4, 0.5) is 5.82 Å². The molecule has 0 aliphatic carbocycles. The Hall–Kier alpha value is -1.08. The standard InChI is InChI=1S/C11H15IN5O4/c1-20-8-7(19)5(2-18)21-12-9(8)17-4-16-6-10(13)14-3-15-11(6)17/h3-5,7-9,18-19H,2H2,1H3,(H2,13,14,15)/q-1. The molecule has 4 atom stereocenters. The van der Waals surface area contributed by atoms with Crippen LogP contribution in [0.5, 0.6) is 0 Å². The zero-order chi connectivity index (χ0) is 15.0. The van der Waals surface area contributed by atoms with Crippen molar-refractivity contribution in [3.05, 3.63) is 12.7 Å². The number of rotatable bonds is 3. The molecule has 1 aliphatic rings. The zero-order valence-corrected chi connectivity index (χ0v) is 13.3. The first-order chi connectivity index (χ1) is 10.2. The van der Waals surface area contributed by atoms with Crippen molar-refractivity contribution in [2.24, 2.45) is 0 Å². The van der Waals surface area contributed by atoms with Gasteiger partial charge < -0.3 is 0 Å². The number of hydrogen-bond acceptors (Lipinski definition) is 8. The third-order valence-corrected chi connectivity index (χ3v) is 6.13. The summed E-state index contributed by atoms with van der Waals surface area (Å²) in [5.41, 5.74) is 6.86. The number of aliphatic hydroxyl groups is 2. The monoisotopic (exact) mass is 408 g/mol. The fourth-order valence-electron chi connectivity index (χ4n) is 2.24. The van der Waals surface area contributed by atoms with Gasteiger partial charge in [-0.1, -0.05) is 0 Å². The normalized spacial score (nSPS) is 30.2. The van der Waals surface area contributed by atoms with E-state index in [1.807, 2.05) is 0 Å². The molecular weight excluding hydrogens is 393 g/mol. The second kappa shape index (κ2) is 5.96. The third kappa shape index (κ3) is 2.46. The molecule has 0 spiro atoms. The van der Waals surface area contributed by atoms with E-state index in [0.717, 1.165) is 0 Å². The molecule has 3 rings (SSSR count). The van der Waals surface area contributed by atoms with Crippen molar-refractivity contribution >= 4 is 17.0 Å². The van der Waals surface area contributed by atoms with Gasteiger partial charge in [-0.15, -0.1) is 0 Å². The van der Waals surface area contributed by atoms with Crippen molar-refractivity contribution in [1.29, 1.82) is 0 Å². The Morgan fingerprint density at radius 1 is 1.48 bits per heavy atom. The van der Waals surface area contributed by atoms with Crippen LogP contribution in [0, 0.1) is 0 Å². The van der Waals surface area contributed by atoms with E-state index in [0.29, 0.717) is 17.0 Å². The Balaban J connectivity index is 2.00. The Bertz CT molecular complexity index is 638. The number of imidazole rings is 1. The van der Waals surface area contributed by atoms with Crippen molar-refractivity contribution in [2.75, 3.05) is 19.5 Å². The van der Waals surface area contributed by atoms with Gasteiger partial charge in [0.05, 0.1) is 0 Å². The molecule has 10 heteroatoms. The van der Waals surface area contributed by atoms with Crippen LogP contribution >= 0.6 is 0 Å². The number of alkyl halides is 1. The van der Waals surface area contributed by atoms with E-state index in [-0.39, 0.29) is 10.7 Å². The number of ether oxygens (including phenoxy) is 1. The molecule has 0 radical (unpaired) electrons. The summed E-state index contributed by atoms with van der Waals surface area (Å²) in [7, 11) is 1.52. The maximum absolute atomic E-state index is 10.2. The molecule has 116 valence electrons. The van der Waals surface area contributed by atoms with Crippen LogP contribution in [-0.2, 0) is 7.80 Å². The average Bonchev–Trinajstić information content (AvgIpc) is 2.92. The number of aliphatic hydroxyl groups excluding tert-OH is 2. The van der Waals surface area contributed by atoms with Crippen LogP contribution in [0.15, 0.2) is 12.7 Å². The van der Waals surface area contributed by atoms with Crippen LogP contribution < -0.4 is 27.4 Å². The first-order valence-electron chi connectivity index (χ1n) is 6.21. The summed E-state index contributed by atoms with van der Waals surface area (Å²) in [4.78, 5) is 12.3. The first-order valence-corrected chi connectivity index (χ1v) is 8.34. The Morgan fingerprint density at radius 2 is 2.29 bits per heavy atom. The molecule has 21 heavy (non-hydrogen) atoms. The van der Waals surface area contributed by atoms with Crippen LogP contribution in [0.1, 0.15) is 4.05 Å². The summed E-state index contributed by atoms with van der Waals surface area (Å²) in [5.74, 6) is 0.302. The Kier molecular flexibility index (Phi) is 4.21. The first kappa shape index (κ1) is 14.8. The van der Waals surface area contributed by atoms with Crippen molar-refractivity contribution in [2.45, 2.75) is 22.4 Å². The van der Waals surface area contributed by atoms with Crippen molar-refractivity contribution < 1.29 is 39.6 Å². The number of aromatic nitrogens is 4. The molecule has 4 unspecified atom stereocenters. The maximum atomic E-state index is 10.2. The summed E-state index contributed by atoms with van der Waals surface area (Å²) < 4.78 is 12.6. The van der Waals surface area contributed by atoms with Crippen LogP contribution in [0.3, 0.4) is 0 Å². The van der Waals surface area contributed by atoms with Gasteiger partial charge >= 0.3 is 131 Å². The van der Waals surface area contributed by atoms with E-state index in [9.17, 15) is 10.2 Å². The molecule has 0 amide bonds. The molecule has 2 aromatic rings. The molecule has 0 bridgehead atoms. The molecule has 1 fully saturated rings. The second-order valence-electron chi connectivity index (χ2n) is 4.55. The molecule has 0 aromatic carbocycles. The number of anilines is 1. The molecule has 4 N–H and O–H groups in total. The van der Waals surface area contributed by atoms with Gasteiger partial charge in [-0.2, -0.15) is 0 Å². The number of methoxy groups -OCH3 is 1. The molecule has 2 aromatic heterocycles. The van der Waals surface area contributed by atoms with Gasteiger partial charge in [0.15, 0.2) is 0 Å². The molecule has 0 saturated carbocycles. The number of nitrogen functional groups attached to an aromatic ring is 1. The number of nitrogens with zero attached hydrogens (tertiary/aromatic N) is 4. The van der Waals surface area contributed by atoms with Crippen molar-refractivity contribution in [1.82, 2.24) is 19.5 Å². The summed E-state index contributed by atoms with van der Waals surface area (Å²) in [6.45, 7) is -0.243. The van der Waals surface area contributed by atoms with Gasteiger partial charge in [-0.25, -0.2) is 0 Å². The van der Waals surface area contributed by atoms with Crippen molar-refractivity contribution in [3.63, 3.8) is 0 Å². The van der Waals surface area contributed by atoms with E-state index >= 15 is 0 Å². The van der Waals surface area contributed by atoms with E-state index in [2.05, 4.69) is 15.0 Å². The van der Waals surface area contributed by atoms with E-state index in [4.69, 9.17) is 13.5 Å². The second-order valence-corrected chi connectivity index (χ2v) is 6.84. The SMILES string of the molecule is COC1C(O)C(CO)O[I-]C1n1cnc2c(N)ncnc21. The fraction of sp³-hybridized carbons (Fsp3) is 0.545. The number of hydrogen-bond donors (Lipinski definition) is 3.